The summed E-state index contributed by atoms with van der Waals surface area (Å²) in [6, 6.07) is 16.3. The van der Waals surface area contributed by atoms with Gasteiger partial charge < -0.3 is 17.1 Å². The summed E-state index contributed by atoms with van der Waals surface area (Å²) in [7, 11) is 5.58. The van der Waals surface area contributed by atoms with Gasteiger partial charge in [0.05, 0.1) is 33.6 Å². The maximum Gasteiger partial charge on any atom is 0.421 e. The Balaban J connectivity index is 0.00000225. The Hall–Kier alpha value is -2.66. The summed E-state index contributed by atoms with van der Waals surface area (Å²) < 4.78 is 9.05. The van der Waals surface area contributed by atoms with E-state index in [1.165, 1.54) is 11.1 Å². The van der Waals surface area contributed by atoms with Crippen LogP contribution in [-0.2, 0) is 20.5 Å². The van der Waals surface area contributed by atoms with Crippen LogP contribution in [0.2, 0.25) is 0 Å². The third kappa shape index (κ3) is 4.67. The molecule has 0 saturated carbocycles. The van der Waals surface area contributed by atoms with Crippen LogP contribution in [0.15, 0.2) is 71.2 Å². The molecule has 0 spiro atoms. The van der Waals surface area contributed by atoms with Gasteiger partial charge in [-0.25, -0.2) is 9.13 Å². The smallest absolute Gasteiger partial charge is 0.421 e. The zero-order chi connectivity index (χ0) is 16.9. The second-order valence-electron chi connectivity index (χ2n) is 5.71. The number of nitrogens with zero attached hydrogens (tertiary/aromatic N) is 4. The van der Waals surface area contributed by atoms with Gasteiger partial charge in [0.1, 0.15) is 11.4 Å². The molecule has 6 heteroatoms. The Kier molecular flexibility index (Phi) is 6.31. The van der Waals surface area contributed by atoms with E-state index in [1.54, 1.807) is 7.11 Å². The molecule has 0 saturated heterocycles. The third-order valence-corrected chi connectivity index (χ3v) is 3.90. The molecule has 0 aliphatic carbocycles. The Morgan fingerprint density at radius 3 is 2.08 bits per heavy atom. The number of methoxy groups -OCH3 is 1. The third-order valence-electron chi connectivity index (χ3n) is 3.90. The van der Waals surface area contributed by atoms with Gasteiger partial charge in [-0.2, -0.15) is 0 Å². The van der Waals surface area contributed by atoms with Crippen LogP contribution in [0.5, 0.6) is 5.75 Å². The Morgan fingerprint density at radius 2 is 1.56 bits per heavy atom. The first kappa shape index (κ1) is 18.7. The van der Waals surface area contributed by atoms with Crippen molar-refractivity contribution in [2.45, 2.75) is 6.42 Å². The number of halogens is 1. The molecule has 0 atom stereocenters. The van der Waals surface area contributed by atoms with E-state index >= 15 is 0 Å². The van der Waals surface area contributed by atoms with Gasteiger partial charge >= 0.3 is 5.95 Å². The number of hydrogen-bond donors (Lipinski definition) is 0. The van der Waals surface area contributed by atoms with Gasteiger partial charge in [0.25, 0.3) is 0 Å². The summed E-state index contributed by atoms with van der Waals surface area (Å²) in [5.41, 5.74) is 3.33. The van der Waals surface area contributed by atoms with Gasteiger partial charge in [-0.15, -0.1) is 0 Å². The zero-order valence-electron chi connectivity index (χ0n) is 14.6. The van der Waals surface area contributed by atoms with Crippen LogP contribution < -0.4 is 21.7 Å². The molecule has 0 amide bonds. The topological polar surface area (TPSA) is 42.8 Å². The lowest BCUT2D eigenvalue weighted by atomic mass is 10.0. The van der Waals surface area contributed by atoms with Crippen LogP contribution in [0.25, 0.3) is 0 Å². The summed E-state index contributed by atoms with van der Waals surface area (Å²) in [4.78, 5) is 0. The molecular formula is C19H21ClN4O. The highest BCUT2D eigenvalue weighted by Crippen LogP contribution is 2.19. The number of hydrogen-bond acceptors (Lipinski definition) is 3. The molecule has 5 nitrogen and oxygen atoms in total. The minimum atomic E-state index is 0. The molecule has 1 heterocycles. The van der Waals surface area contributed by atoms with Crippen LogP contribution in [0, 0.1) is 0 Å². The van der Waals surface area contributed by atoms with Crippen molar-refractivity contribution >= 4 is 11.6 Å². The van der Waals surface area contributed by atoms with Crippen molar-refractivity contribution in [1.82, 2.24) is 4.57 Å². The second kappa shape index (κ2) is 8.44. The SMILES string of the molecule is COc1ccc(Cc2ccc(N=Nc3n(C)cc[n+]3C)cc2)cc1.[Cl-]. The predicted molar refractivity (Wildman–Crippen MR) is 93.0 cm³/mol. The van der Waals surface area contributed by atoms with Crippen LogP contribution in [0.3, 0.4) is 0 Å². The van der Waals surface area contributed by atoms with Gasteiger partial charge in [-0.3, -0.25) is 0 Å². The number of rotatable bonds is 5. The summed E-state index contributed by atoms with van der Waals surface area (Å²) in [6.45, 7) is 0. The Labute approximate surface area is 154 Å². The monoisotopic (exact) mass is 356 g/mol. The number of aryl methyl sites for hydroxylation is 2. The van der Waals surface area contributed by atoms with E-state index in [-0.39, 0.29) is 12.4 Å². The molecule has 130 valence electrons. The predicted octanol–water partition coefficient (Wildman–Crippen LogP) is 0.868. The van der Waals surface area contributed by atoms with Crippen molar-refractivity contribution in [1.29, 1.82) is 0 Å². The molecule has 0 aliphatic rings. The number of benzene rings is 2. The number of aromatic nitrogens is 2. The van der Waals surface area contributed by atoms with E-state index in [1.807, 2.05) is 59.9 Å². The van der Waals surface area contributed by atoms with Gasteiger partial charge in [-0.05, 0) is 41.8 Å². The molecule has 0 fully saturated rings. The van der Waals surface area contributed by atoms with Crippen molar-refractivity contribution < 1.29 is 21.7 Å². The van der Waals surface area contributed by atoms with E-state index in [2.05, 4.69) is 34.5 Å². The van der Waals surface area contributed by atoms with Crippen molar-refractivity contribution in [2.75, 3.05) is 7.11 Å². The lowest BCUT2D eigenvalue weighted by molar-refractivity contribution is -0.657. The fourth-order valence-corrected chi connectivity index (χ4v) is 2.49. The molecule has 0 unspecified atom stereocenters. The highest BCUT2D eigenvalue weighted by atomic mass is 35.5. The summed E-state index contributed by atoms with van der Waals surface area (Å²) >= 11 is 0. The molecular weight excluding hydrogens is 336 g/mol. The normalized spacial score (nSPS) is 10.7. The molecule has 2 aromatic carbocycles. The molecule has 0 radical (unpaired) electrons. The van der Waals surface area contributed by atoms with E-state index in [9.17, 15) is 0 Å². The van der Waals surface area contributed by atoms with Gasteiger partial charge in [0.15, 0.2) is 0 Å². The quantitative estimate of drug-likeness (QED) is 0.494. The summed E-state index contributed by atoms with van der Waals surface area (Å²) in [6.07, 6.45) is 4.78. The highest BCUT2D eigenvalue weighted by molar-refractivity contribution is 5.40. The lowest BCUT2D eigenvalue weighted by Crippen LogP contribution is -3.00. The minimum absolute atomic E-state index is 0. The van der Waals surface area contributed by atoms with Gasteiger partial charge in [0, 0.05) is 5.11 Å². The first-order valence-corrected chi connectivity index (χ1v) is 7.80. The fraction of sp³-hybridized carbons (Fsp3) is 0.211. The number of azo groups is 1. The standard InChI is InChI=1S/C19H21N4O.ClH/c1-22-12-13-23(2)19(22)21-20-17-8-4-15(5-9-17)14-16-6-10-18(24-3)11-7-16;/h4-13H,14H2,1-3H3;1H/q+1;/p-1. The van der Waals surface area contributed by atoms with Crippen LogP contribution in [0.1, 0.15) is 11.1 Å². The molecule has 0 bridgehead atoms. The van der Waals surface area contributed by atoms with Crippen molar-refractivity contribution in [2.24, 2.45) is 24.3 Å². The van der Waals surface area contributed by atoms with Gasteiger partial charge in [-0.1, -0.05) is 29.4 Å². The molecule has 3 aromatic rings. The van der Waals surface area contributed by atoms with Crippen molar-refractivity contribution in [3.05, 3.63) is 72.1 Å². The van der Waals surface area contributed by atoms with Crippen LogP contribution >= 0.6 is 0 Å². The van der Waals surface area contributed by atoms with E-state index in [4.69, 9.17) is 4.74 Å². The Bertz CT molecular complexity index is 819. The van der Waals surface area contributed by atoms with E-state index in [0.717, 1.165) is 23.8 Å². The number of imidazole rings is 1. The van der Waals surface area contributed by atoms with Crippen LogP contribution in [0.4, 0.5) is 11.6 Å². The lowest BCUT2D eigenvalue weighted by Gasteiger charge is -2.04. The second-order valence-corrected chi connectivity index (χ2v) is 5.71. The maximum absolute atomic E-state index is 5.18. The van der Waals surface area contributed by atoms with E-state index in [0.29, 0.717) is 0 Å². The largest absolute Gasteiger partial charge is 1.00 e. The summed E-state index contributed by atoms with van der Waals surface area (Å²) in [5.74, 6) is 1.68. The average Bonchev–Trinajstić information content (AvgIpc) is 2.93. The summed E-state index contributed by atoms with van der Waals surface area (Å²) in [5, 5.41) is 8.61. The first-order valence-electron chi connectivity index (χ1n) is 7.80. The molecule has 3 rings (SSSR count). The molecule has 0 aliphatic heterocycles. The molecule has 25 heavy (non-hydrogen) atoms. The van der Waals surface area contributed by atoms with Crippen molar-refractivity contribution in [3.63, 3.8) is 0 Å². The fourth-order valence-electron chi connectivity index (χ4n) is 2.49. The first-order chi connectivity index (χ1) is 11.7. The van der Waals surface area contributed by atoms with Gasteiger partial charge in [0.2, 0.25) is 0 Å². The molecule has 1 aromatic heterocycles. The minimum Gasteiger partial charge on any atom is -1.00 e. The number of ether oxygens (including phenoxy) is 1. The van der Waals surface area contributed by atoms with E-state index < -0.39 is 0 Å². The van der Waals surface area contributed by atoms with Crippen molar-refractivity contribution in [3.8, 4) is 5.75 Å². The molecule has 0 N–H and O–H groups in total. The zero-order valence-corrected chi connectivity index (χ0v) is 15.3. The highest BCUT2D eigenvalue weighted by Gasteiger charge is 2.10. The average molecular weight is 357 g/mol. The maximum atomic E-state index is 5.18. The van der Waals surface area contributed by atoms with Crippen LogP contribution in [-0.4, -0.2) is 11.7 Å². The Morgan fingerprint density at radius 1 is 0.960 bits per heavy atom.